The van der Waals surface area contributed by atoms with Crippen LogP contribution in [0.5, 0.6) is 0 Å². The highest BCUT2D eigenvalue weighted by molar-refractivity contribution is 7.12. The third kappa shape index (κ3) is 4.05. The lowest BCUT2D eigenvalue weighted by Crippen LogP contribution is -2.52. The molecule has 2 saturated heterocycles. The summed E-state index contributed by atoms with van der Waals surface area (Å²) >= 11 is 1.44. The lowest BCUT2D eigenvalue weighted by molar-refractivity contribution is -0.137. The normalized spacial score (nSPS) is 20.8. The number of benzene rings is 1. The number of likely N-dealkylation sites (tertiary alicyclic amines) is 1. The van der Waals surface area contributed by atoms with Crippen LogP contribution in [0.1, 0.15) is 34.6 Å². The molecule has 0 unspecified atom stereocenters. The van der Waals surface area contributed by atoms with Gasteiger partial charge in [0.1, 0.15) is 0 Å². The highest BCUT2D eigenvalue weighted by atomic mass is 32.1. The van der Waals surface area contributed by atoms with Gasteiger partial charge in [-0.25, -0.2) is 0 Å². The molecule has 0 spiro atoms. The van der Waals surface area contributed by atoms with Crippen LogP contribution in [0, 0.1) is 5.92 Å². The SMILES string of the molecule is C[C@H](c1ccccc1)N1C[C@@H](C(=O)N2CCN(C(=O)c3cccs3)CC2)CC1=O. The predicted octanol–water partition coefficient (Wildman–Crippen LogP) is 2.64. The Bertz CT molecular complexity index is 876. The Morgan fingerprint density at radius 2 is 1.69 bits per heavy atom. The molecule has 2 fully saturated rings. The summed E-state index contributed by atoms with van der Waals surface area (Å²) < 4.78 is 0. The van der Waals surface area contributed by atoms with Crippen LogP contribution in [-0.2, 0) is 9.59 Å². The maximum atomic E-state index is 13.0. The fourth-order valence-electron chi connectivity index (χ4n) is 4.13. The van der Waals surface area contributed by atoms with Gasteiger partial charge in [-0.15, -0.1) is 11.3 Å². The maximum Gasteiger partial charge on any atom is 0.264 e. The van der Waals surface area contributed by atoms with Crippen molar-refractivity contribution in [3.8, 4) is 0 Å². The van der Waals surface area contributed by atoms with Gasteiger partial charge in [0.15, 0.2) is 0 Å². The van der Waals surface area contributed by atoms with Gasteiger partial charge in [-0.3, -0.25) is 14.4 Å². The van der Waals surface area contributed by atoms with Crippen molar-refractivity contribution in [2.45, 2.75) is 19.4 Å². The fourth-order valence-corrected chi connectivity index (χ4v) is 4.82. The Kier molecular flexibility index (Phi) is 5.67. The average Bonchev–Trinajstić information content (AvgIpc) is 3.43. The van der Waals surface area contributed by atoms with E-state index in [1.807, 2.05) is 64.6 Å². The lowest BCUT2D eigenvalue weighted by Gasteiger charge is -2.35. The molecule has 0 radical (unpaired) electrons. The highest BCUT2D eigenvalue weighted by Crippen LogP contribution is 2.29. The molecular formula is C22H25N3O3S. The van der Waals surface area contributed by atoms with E-state index in [4.69, 9.17) is 0 Å². The lowest BCUT2D eigenvalue weighted by atomic mass is 10.1. The van der Waals surface area contributed by atoms with Gasteiger partial charge in [0, 0.05) is 39.1 Å². The molecule has 3 amide bonds. The molecule has 6 nitrogen and oxygen atoms in total. The van der Waals surface area contributed by atoms with Gasteiger partial charge in [-0.05, 0) is 23.9 Å². The second-order valence-corrected chi connectivity index (χ2v) is 8.58. The molecule has 1 aromatic heterocycles. The van der Waals surface area contributed by atoms with Gasteiger partial charge >= 0.3 is 0 Å². The topological polar surface area (TPSA) is 60.9 Å². The summed E-state index contributed by atoms with van der Waals surface area (Å²) in [6.45, 7) is 4.58. The molecule has 1 aromatic carbocycles. The molecule has 2 aliphatic rings. The molecule has 2 aliphatic heterocycles. The summed E-state index contributed by atoms with van der Waals surface area (Å²) in [6, 6.07) is 13.6. The van der Waals surface area contributed by atoms with E-state index in [1.54, 1.807) is 4.90 Å². The van der Waals surface area contributed by atoms with Gasteiger partial charge in [0.05, 0.1) is 16.8 Å². The number of thiophene rings is 1. The van der Waals surface area contributed by atoms with E-state index in [2.05, 4.69) is 0 Å². The van der Waals surface area contributed by atoms with E-state index in [1.165, 1.54) is 11.3 Å². The molecule has 2 atom stereocenters. The van der Waals surface area contributed by atoms with Crippen molar-refractivity contribution in [2.75, 3.05) is 32.7 Å². The Morgan fingerprint density at radius 3 is 2.34 bits per heavy atom. The first-order valence-corrected chi connectivity index (χ1v) is 10.9. The van der Waals surface area contributed by atoms with Gasteiger partial charge in [0.25, 0.3) is 5.91 Å². The van der Waals surface area contributed by atoms with E-state index in [9.17, 15) is 14.4 Å². The molecular weight excluding hydrogens is 386 g/mol. The highest BCUT2D eigenvalue weighted by Gasteiger charge is 2.39. The second-order valence-electron chi connectivity index (χ2n) is 7.63. The van der Waals surface area contributed by atoms with E-state index < -0.39 is 0 Å². The molecule has 0 N–H and O–H groups in total. The minimum atomic E-state index is -0.298. The minimum Gasteiger partial charge on any atom is -0.339 e. The zero-order chi connectivity index (χ0) is 20.4. The molecule has 29 heavy (non-hydrogen) atoms. The third-order valence-electron chi connectivity index (χ3n) is 5.87. The van der Waals surface area contributed by atoms with E-state index >= 15 is 0 Å². The van der Waals surface area contributed by atoms with E-state index in [0.717, 1.165) is 10.4 Å². The number of piperazine rings is 1. The Morgan fingerprint density at radius 1 is 1.00 bits per heavy atom. The summed E-state index contributed by atoms with van der Waals surface area (Å²) in [4.78, 5) is 44.2. The van der Waals surface area contributed by atoms with Crippen LogP contribution >= 0.6 is 11.3 Å². The molecule has 2 aromatic rings. The molecule has 0 saturated carbocycles. The number of amides is 3. The fraction of sp³-hybridized carbons (Fsp3) is 0.409. The molecule has 152 valence electrons. The first-order valence-electron chi connectivity index (χ1n) is 10.0. The molecule has 7 heteroatoms. The van der Waals surface area contributed by atoms with Crippen molar-refractivity contribution < 1.29 is 14.4 Å². The van der Waals surface area contributed by atoms with Crippen LogP contribution in [0.2, 0.25) is 0 Å². The van der Waals surface area contributed by atoms with Crippen molar-refractivity contribution in [3.05, 3.63) is 58.3 Å². The zero-order valence-electron chi connectivity index (χ0n) is 16.5. The summed E-state index contributed by atoms with van der Waals surface area (Å²) in [5.74, 6) is -0.199. The summed E-state index contributed by atoms with van der Waals surface area (Å²) in [5.41, 5.74) is 1.08. The van der Waals surface area contributed by atoms with Gasteiger partial charge in [0.2, 0.25) is 11.8 Å². The quantitative estimate of drug-likeness (QED) is 0.777. The Hall–Kier alpha value is -2.67. The minimum absolute atomic E-state index is 0.0318. The van der Waals surface area contributed by atoms with E-state index in [-0.39, 0.29) is 36.1 Å². The Balaban J connectivity index is 1.34. The summed E-state index contributed by atoms with van der Waals surface area (Å²) in [6.07, 6.45) is 0.268. The summed E-state index contributed by atoms with van der Waals surface area (Å²) in [5, 5.41) is 1.90. The maximum absolute atomic E-state index is 13.0. The third-order valence-corrected chi connectivity index (χ3v) is 6.73. The van der Waals surface area contributed by atoms with Crippen LogP contribution < -0.4 is 0 Å². The smallest absolute Gasteiger partial charge is 0.264 e. The van der Waals surface area contributed by atoms with Crippen LogP contribution in [0.4, 0.5) is 0 Å². The average molecular weight is 412 g/mol. The van der Waals surface area contributed by atoms with Gasteiger partial charge < -0.3 is 14.7 Å². The molecule has 4 rings (SSSR count). The van der Waals surface area contributed by atoms with Crippen LogP contribution in [0.15, 0.2) is 47.8 Å². The number of nitrogens with zero attached hydrogens (tertiary/aromatic N) is 3. The molecule has 3 heterocycles. The van der Waals surface area contributed by atoms with Crippen molar-refractivity contribution >= 4 is 29.1 Å². The monoisotopic (exact) mass is 411 g/mol. The number of rotatable bonds is 4. The van der Waals surface area contributed by atoms with Crippen LogP contribution in [0.25, 0.3) is 0 Å². The zero-order valence-corrected chi connectivity index (χ0v) is 17.3. The van der Waals surface area contributed by atoms with Crippen LogP contribution in [0.3, 0.4) is 0 Å². The number of carbonyl (C=O) groups excluding carboxylic acids is 3. The predicted molar refractivity (Wildman–Crippen MR) is 111 cm³/mol. The van der Waals surface area contributed by atoms with Gasteiger partial charge in [-0.1, -0.05) is 36.4 Å². The van der Waals surface area contributed by atoms with Crippen molar-refractivity contribution in [1.29, 1.82) is 0 Å². The number of hydrogen-bond donors (Lipinski definition) is 0. The standard InChI is InChI=1S/C22H25N3O3S/c1-16(17-6-3-2-4-7-17)25-15-18(14-20(25)26)21(27)23-9-11-24(12-10-23)22(28)19-8-5-13-29-19/h2-8,13,16,18H,9-12,14-15H2,1H3/t16-,18+/m1/s1. The summed E-state index contributed by atoms with van der Waals surface area (Å²) in [7, 11) is 0. The second kappa shape index (κ2) is 8.37. The number of carbonyl (C=O) groups is 3. The molecule has 0 bridgehead atoms. The van der Waals surface area contributed by atoms with Crippen LogP contribution in [-0.4, -0.2) is 65.1 Å². The molecule has 0 aliphatic carbocycles. The van der Waals surface area contributed by atoms with Crippen molar-refractivity contribution in [1.82, 2.24) is 14.7 Å². The first kappa shape index (κ1) is 19.6. The van der Waals surface area contributed by atoms with Crippen molar-refractivity contribution in [3.63, 3.8) is 0 Å². The van der Waals surface area contributed by atoms with E-state index in [0.29, 0.717) is 32.7 Å². The van der Waals surface area contributed by atoms with Gasteiger partial charge in [-0.2, -0.15) is 0 Å². The first-order chi connectivity index (χ1) is 14.0. The number of hydrogen-bond acceptors (Lipinski definition) is 4. The van der Waals surface area contributed by atoms with Crippen molar-refractivity contribution in [2.24, 2.45) is 5.92 Å². The largest absolute Gasteiger partial charge is 0.339 e. The Labute approximate surface area is 174 Å².